The maximum Gasteiger partial charge on any atom is 0.475 e. The molecule has 1 saturated heterocycles. The Hall–Kier alpha value is -3.50. The van der Waals surface area contributed by atoms with Gasteiger partial charge in [0.25, 0.3) is 5.91 Å². The van der Waals surface area contributed by atoms with Gasteiger partial charge >= 0.3 is 21.7 Å². The van der Waals surface area contributed by atoms with Crippen LogP contribution in [0.2, 0.25) is 5.02 Å². The maximum absolute atomic E-state index is 14.8. The number of aromatic nitrogens is 1. The van der Waals surface area contributed by atoms with Gasteiger partial charge in [-0.2, -0.15) is 0 Å². The number of hydrogen-bond donors (Lipinski definition) is 3. The number of fused-ring (bicyclic) bond motifs is 1. The predicted octanol–water partition coefficient (Wildman–Crippen LogP) is 10.0. The Morgan fingerprint density at radius 1 is 0.817 bits per heavy atom. The second-order valence-electron chi connectivity index (χ2n) is 18.1. The smallest absolute Gasteiger partial charge is 0.360 e. The SMILES string of the molecule is Cc1c(Cl)ccc2c(C=C3NC(=O)N(C(C(=O)NC(COP(=O)(OC(C)(C)C)OC(C)(C)C)COP(=O)(OC(C)(C)C)OC(C)(C)C)c4ccc(F)c(F)c4)C3=O)c[nH]c12. The molecule has 332 valence electrons. The number of H-pyrrole nitrogens is 1. The number of carbonyl (C=O) groups is 3. The van der Waals surface area contributed by atoms with Crippen LogP contribution in [-0.4, -0.2) is 69.4 Å². The van der Waals surface area contributed by atoms with Gasteiger partial charge < -0.3 is 15.6 Å². The van der Waals surface area contributed by atoms with Crippen LogP contribution in [-0.2, 0) is 45.9 Å². The van der Waals surface area contributed by atoms with Crippen molar-refractivity contribution < 1.29 is 59.4 Å². The van der Waals surface area contributed by atoms with E-state index >= 15 is 0 Å². The van der Waals surface area contributed by atoms with Gasteiger partial charge in [0, 0.05) is 22.2 Å². The van der Waals surface area contributed by atoms with Crippen LogP contribution in [0, 0.1) is 18.6 Å². The standard InChI is InChI=1S/C40H55ClF2N4O11P2/c1-23-28(41)16-15-27-25(20-44-32(23)27)19-31-35(49)47(36(50)46-31)33(24-14-17-29(42)30(43)18-24)34(48)45-26(21-53-59(51,55-37(2,3)4)56-38(5,6)7)22-54-60(52,57-39(8,9)10)58-40(11,12)13/h14-20,26,33,44H,21-22H2,1-13H3,(H,45,48)(H,46,50). The van der Waals surface area contributed by atoms with E-state index in [1.807, 2.05) is 0 Å². The Balaban J connectivity index is 1.78. The number of carbonyl (C=O) groups excluding carboxylic acids is 3. The van der Waals surface area contributed by atoms with Crippen molar-refractivity contribution in [1.82, 2.24) is 20.5 Å². The summed E-state index contributed by atoms with van der Waals surface area (Å²) in [6, 6.07) is 1.38. The van der Waals surface area contributed by atoms with Crippen molar-refractivity contribution in [1.29, 1.82) is 0 Å². The zero-order chi connectivity index (χ0) is 45.4. The molecule has 2 aromatic carbocycles. The third-order valence-electron chi connectivity index (χ3n) is 7.81. The number of phosphoric ester groups is 2. The van der Waals surface area contributed by atoms with Gasteiger partial charge in [-0.25, -0.2) is 27.6 Å². The van der Waals surface area contributed by atoms with Crippen molar-refractivity contribution in [3.63, 3.8) is 0 Å². The van der Waals surface area contributed by atoms with Gasteiger partial charge in [-0.05, 0) is 125 Å². The van der Waals surface area contributed by atoms with Crippen LogP contribution < -0.4 is 10.6 Å². The van der Waals surface area contributed by atoms with Crippen molar-refractivity contribution in [2.75, 3.05) is 13.2 Å². The lowest BCUT2D eigenvalue weighted by molar-refractivity contribution is -0.134. The first kappa shape index (κ1) is 49.2. The van der Waals surface area contributed by atoms with Crippen molar-refractivity contribution in [3.05, 3.63) is 75.6 Å². The van der Waals surface area contributed by atoms with Crippen molar-refractivity contribution in [3.8, 4) is 0 Å². The lowest BCUT2D eigenvalue weighted by Gasteiger charge is -2.33. The summed E-state index contributed by atoms with van der Waals surface area (Å²) < 4.78 is 91.8. The summed E-state index contributed by atoms with van der Waals surface area (Å²) in [6.07, 6.45) is 2.99. The molecule has 1 aromatic heterocycles. The van der Waals surface area contributed by atoms with Gasteiger partial charge in [0.1, 0.15) is 11.7 Å². The highest BCUT2D eigenvalue weighted by atomic mass is 35.5. The number of phosphoric acid groups is 2. The number of aromatic amines is 1. The quantitative estimate of drug-likeness (QED) is 0.0749. The minimum atomic E-state index is -4.46. The van der Waals surface area contributed by atoms with Crippen LogP contribution >= 0.6 is 27.2 Å². The Bertz CT molecular complexity index is 2150. The molecule has 1 aliphatic rings. The molecule has 0 aliphatic carbocycles. The summed E-state index contributed by atoms with van der Waals surface area (Å²) in [6.45, 7) is 19.8. The number of benzene rings is 2. The number of nitrogens with one attached hydrogen (secondary N) is 3. The van der Waals surface area contributed by atoms with Crippen molar-refractivity contribution in [2.24, 2.45) is 0 Å². The molecule has 1 atom stereocenters. The van der Waals surface area contributed by atoms with Gasteiger partial charge in [0.05, 0.1) is 47.2 Å². The first-order chi connectivity index (χ1) is 27.3. The first-order valence-electron chi connectivity index (χ1n) is 19.0. The van der Waals surface area contributed by atoms with Crippen molar-refractivity contribution in [2.45, 2.75) is 124 Å². The fourth-order valence-corrected chi connectivity index (χ4v) is 9.61. The van der Waals surface area contributed by atoms with E-state index < -0.39 is 92.8 Å². The Kier molecular flexibility index (Phi) is 14.8. The summed E-state index contributed by atoms with van der Waals surface area (Å²) in [5.41, 5.74) is -2.84. The van der Waals surface area contributed by atoms with E-state index in [0.29, 0.717) is 32.5 Å². The number of nitrogens with zero attached hydrogens (tertiary/aromatic N) is 1. The highest BCUT2D eigenvalue weighted by molar-refractivity contribution is 7.48. The topological polar surface area (TPSA) is 184 Å². The molecule has 3 aromatic rings. The van der Waals surface area contributed by atoms with Gasteiger partial charge in [0.2, 0.25) is 5.91 Å². The van der Waals surface area contributed by atoms with E-state index in [4.69, 9.17) is 38.7 Å². The molecule has 20 heteroatoms. The maximum atomic E-state index is 14.8. The highest BCUT2D eigenvalue weighted by Gasteiger charge is 2.45. The van der Waals surface area contributed by atoms with Crippen LogP contribution in [0.15, 0.2) is 42.2 Å². The van der Waals surface area contributed by atoms with E-state index in [1.165, 1.54) is 6.08 Å². The molecule has 4 amide bonds. The number of imide groups is 1. The van der Waals surface area contributed by atoms with E-state index in [1.54, 1.807) is 108 Å². The molecule has 0 saturated carbocycles. The molecular weight excluding hydrogens is 848 g/mol. The second kappa shape index (κ2) is 18.1. The molecule has 60 heavy (non-hydrogen) atoms. The molecule has 2 heterocycles. The summed E-state index contributed by atoms with van der Waals surface area (Å²) in [7, 11) is -8.92. The minimum Gasteiger partial charge on any atom is -0.360 e. The number of hydrogen-bond acceptors (Lipinski definition) is 11. The van der Waals surface area contributed by atoms with E-state index in [-0.39, 0.29) is 11.3 Å². The molecule has 0 bridgehead atoms. The molecule has 0 spiro atoms. The Morgan fingerprint density at radius 2 is 1.32 bits per heavy atom. The molecule has 3 N–H and O–H groups in total. The van der Waals surface area contributed by atoms with Gasteiger partial charge in [-0.1, -0.05) is 23.7 Å². The number of halogens is 3. The molecule has 1 unspecified atom stereocenters. The Morgan fingerprint density at radius 3 is 1.78 bits per heavy atom. The summed E-state index contributed by atoms with van der Waals surface area (Å²) in [4.78, 5) is 46.0. The van der Waals surface area contributed by atoms with E-state index in [9.17, 15) is 32.3 Å². The molecule has 15 nitrogen and oxygen atoms in total. The second-order valence-corrected chi connectivity index (χ2v) is 21.5. The van der Waals surface area contributed by atoms with Crippen LogP contribution in [0.4, 0.5) is 13.6 Å². The van der Waals surface area contributed by atoms with Crippen LogP contribution in [0.5, 0.6) is 0 Å². The molecular formula is C40H55ClF2N4O11P2. The lowest BCUT2D eigenvalue weighted by atomic mass is 10.0. The Labute approximate surface area is 354 Å². The first-order valence-corrected chi connectivity index (χ1v) is 22.3. The average molecular weight is 903 g/mol. The summed E-state index contributed by atoms with van der Waals surface area (Å²) in [5.74, 6) is -4.75. The van der Waals surface area contributed by atoms with E-state index in [0.717, 1.165) is 17.7 Å². The third kappa shape index (κ3) is 13.5. The van der Waals surface area contributed by atoms with Gasteiger partial charge in [-0.3, -0.25) is 36.7 Å². The van der Waals surface area contributed by atoms with Crippen molar-refractivity contribution >= 4 is 62.1 Å². The lowest BCUT2D eigenvalue weighted by Crippen LogP contribution is -2.49. The fourth-order valence-electron chi connectivity index (χ4n) is 5.76. The summed E-state index contributed by atoms with van der Waals surface area (Å²) in [5, 5.41) is 6.23. The zero-order valence-corrected chi connectivity index (χ0v) is 38.6. The monoisotopic (exact) mass is 902 g/mol. The normalized spacial score (nSPS) is 16.0. The van der Waals surface area contributed by atoms with Crippen LogP contribution in [0.1, 0.15) is 106 Å². The predicted molar refractivity (Wildman–Crippen MR) is 223 cm³/mol. The summed E-state index contributed by atoms with van der Waals surface area (Å²) >= 11 is 6.28. The number of amides is 4. The van der Waals surface area contributed by atoms with Gasteiger partial charge in [0.15, 0.2) is 11.6 Å². The molecule has 0 radical (unpaired) electrons. The molecule has 1 aliphatic heterocycles. The number of aryl methyl sites for hydroxylation is 1. The largest absolute Gasteiger partial charge is 0.475 e. The zero-order valence-electron chi connectivity index (χ0n) is 36.1. The highest BCUT2D eigenvalue weighted by Crippen LogP contribution is 2.57. The average Bonchev–Trinajstić information content (AvgIpc) is 3.58. The minimum absolute atomic E-state index is 0.240. The van der Waals surface area contributed by atoms with Gasteiger partial charge in [-0.15, -0.1) is 0 Å². The van der Waals surface area contributed by atoms with Crippen LogP contribution in [0.25, 0.3) is 17.0 Å². The third-order valence-corrected chi connectivity index (χ3v) is 12.2. The fraction of sp³-hybridized carbons (Fsp3) is 0.525. The van der Waals surface area contributed by atoms with E-state index in [2.05, 4.69) is 15.6 Å². The van der Waals surface area contributed by atoms with Crippen LogP contribution in [0.3, 0.4) is 0 Å². The number of rotatable bonds is 15. The molecule has 4 rings (SSSR count). The number of urea groups is 1. The molecule has 1 fully saturated rings.